The Bertz CT molecular complexity index is 1120. The molecule has 1 amide bonds. The molecule has 2 N–H and O–H groups in total. The van der Waals surface area contributed by atoms with Crippen LogP contribution in [0, 0.1) is 0 Å². The number of para-hydroxylation sites is 2. The average molecular weight is 344 g/mol. The van der Waals surface area contributed by atoms with E-state index in [0.29, 0.717) is 22.9 Å². The molecule has 0 saturated heterocycles. The largest absolute Gasteiger partial charge is 0.336 e. The number of fused-ring (bicyclic) bond motifs is 2. The fraction of sp³-hybridized carbons (Fsp3) is 0.0476. The lowest BCUT2D eigenvalue weighted by molar-refractivity contribution is 0.0706. The zero-order valence-corrected chi connectivity index (χ0v) is 13.8. The van der Waals surface area contributed by atoms with Crippen molar-refractivity contribution >= 4 is 27.7 Å². The smallest absolute Gasteiger partial charge is 0.274 e. The van der Waals surface area contributed by atoms with Crippen molar-refractivity contribution in [2.24, 2.45) is 0 Å². The lowest BCUT2D eigenvalue weighted by Crippen LogP contribution is -2.18. The molecule has 4 rings (SSSR count). The zero-order chi connectivity index (χ0) is 18.1. The number of benzene rings is 3. The number of nitrogens with zero attached hydrogens (tertiary/aromatic N) is 1. The number of hydroxylamine groups is 1. The van der Waals surface area contributed by atoms with Crippen molar-refractivity contribution in [2.75, 3.05) is 0 Å². The molecule has 0 unspecified atom stereocenters. The van der Waals surface area contributed by atoms with Gasteiger partial charge in [-0.25, -0.2) is 5.48 Å². The Morgan fingerprint density at radius 3 is 1.92 bits per heavy atom. The van der Waals surface area contributed by atoms with Crippen molar-refractivity contribution in [2.45, 2.75) is 6.54 Å². The summed E-state index contributed by atoms with van der Waals surface area (Å²) >= 11 is 0. The van der Waals surface area contributed by atoms with Crippen LogP contribution >= 0.6 is 0 Å². The van der Waals surface area contributed by atoms with Gasteiger partial charge in [-0.1, -0.05) is 36.4 Å². The summed E-state index contributed by atoms with van der Waals surface area (Å²) in [6.07, 6.45) is 0. The second-order valence-corrected chi connectivity index (χ2v) is 6.09. The molecule has 0 bridgehead atoms. The molecule has 0 radical (unpaired) electrons. The molecular formula is C21H16N2O3. The second kappa shape index (κ2) is 6.46. The number of hydrogen-bond acceptors (Lipinski definition) is 3. The molecule has 0 aliphatic rings. The van der Waals surface area contributed by atoms with Gasteiger partial charge < -0.3 is 4.57 Å². The topological polar surface area (TPSA) is 71.3 Å². The van der Waals surface area contributed by atoms with Crippen LogP contribution in [0.15, 0.2) is 77.6 Å². The molecule has 0 aliphatic carbocycles. The highest BCUT2D eigenvalue weighted by atomic mass is 16.5. The van der Waals surface area contributed by atoms with Gasteiger partial charge in [0, 0.05) is 22.9 Å². The Labute approximate surface area is 149 Å². The number of aromatic nitrogens is 1. The lowest BCUT2D eigenvalue weighted by atomic mass is 10.1. The van der Waals surface area contributed by atoms with E-state index in [1.807, 2.05) is 60.7 Å². The van der Waals surface area contributed by atoms with E-state index >= 15 is 0 Å². The predicted octanol–water partition coefficient (Wildman–Crippen LogP) is 3.32. The van der Waals surface area contributed by atoms with Gasteiger partial charge in [-0.15, -0.1) is 0 Å². The lowest BCUT2D eigenvalue weighted by Gasteiger charge is -2.15. The molecule has 0 atom stereocenters. The maximum absolute atomic E-state index is 12.8. The minimum Gasteiger partial charge on any atom is -0.336 e. The van der Waals surface area contributed by atoms with E-state index in [2.05, 4.69) is 4.57 Å². The molecule has 5 nitrogen and oxygen atoms in total. The maximum atomic E-state index is 12.8. The van der Waals surface area contributed by atoms with Crippen LogP contribution in [0.25, 0.3) is 21.8 Å². The summed E-state index contributed by atoms with van der Waals surface area (Å²) in [6, 6.07) is 22.1. The highest BCUT2D eigenvalue weighted by Crippen LogP contribution is 2.20. The Kier molecular flexibility index (Phi) is 3.99. The number of carbonyl (C=O) groups excluding carboxylic acids is 1. The van der Waals surface area contributed by atoms with E-state index in [0.717, 1.165) is 16.6 Å². The maximum Gasteiger partial charge on any atom is 0.274 e. The van der Waals surface area contributed by atoms with Crippen molar-refractivity contribution < 1.29 is 10.0 Å². The van der Waals surface area contributed by atoms with E-state index in [-0.39, 0.29) is 5.43 Å². The van der Waals surface area contributed by atoms with Gasteiger partial charge in [0.2, 0.25) is 0 Å². The molecule has 128 valence electrons. The van der Waals surface area contributed by atoms with Crippen LogP contribution in [0.1, 0.15) is 15.9 Å². The molecule has 26 heavy (non-hydrogen) atoms. The highest BCUT2D eigenvalue weighted by Gasteiger charge is 2.11. The van der Waals surface area contributed by atoms with Gasteiger partial charge in [-0.05, 0) is 42.0 Å². The first-order valence-electron chi connectivity index (χ1n) is 8.22. The second-order valence-electron chi connectivity index (χ2n) is 6.09. The van der Waals surface area contributed by atoms with Crippen LogP contribution in [0.5, 0.6) is 0 Å². The van der Waals surface area contributed by atoms with Crippen molar-refractivity contribution in [3.63, 3.8) is 0 Å². The van der Waals surface area contributed by atoms with Crippen molar-refractivity contribution in [1.29, 1.82) is 0 Å². The van der Waals surface area contributed by atoms with Crippen molar-refractivity contribution in [3.8, 4) is 0 Å². The summed E-state index contributed by atoms with van der Waals surface area (Å²) in [5.41, 5.74) is 4.76. The van der Waals surface area contributed by atoms with Crippen LogP contribution in [-0.2, 0) is 6.54 Å². The third-order valence-electron chi connectivity index (χ3n) is 4.54. The molecule has 0 aliphatic heterocycles. The summed E-state index contributed by atoms with van der Waals surface area (Å²) in [5, 5.41) is 10.1. The first-order chi connectivity index (χ1) is 12.7. The molecule has 5 heteroatoms. The Balaban J connectivity index is 1.89. The van der Waals surface area contributed by atoms with Gasteiger partial charge in [0.05, 0.1) is 11.0 Å². The number of rotatable bonds is 3. The fourth-order valence-electron chi connectivity index (χ4n) is 3.26. The molecule has 1 aromatic heterocycles. The molecule has 0 fully saturated rings. The van der Waals surface area contributed by atoms with E-state index < -0.39 is 5.91 Å². The number of hydrogen-bond donors (Lipinski definition) is 2. The standard InChI is InChI=1S/C21H16N2O3/c24-20-16-5-1-3-7-18(16)23(19-8-4-2-6-17(19)20)13-14-9-11-15(12-10-14)21(25)22-26/h1-12,26H,13H2,(H,22,25). The molecule has 0 spiro atoms. The SMILES string of the molecule is O=C(NO)c1ccc(Cn2c3ccccc3c(=O)c3ccccc32)cc1. The van der Waals surface area contributed by atoms with E-state index in [4.69, 9.17) is 5.21 Å². The Hall–Kier alpha value is -3.44. The molecular weight excluding hydrogens is 328 g/mol. The van der Waals surface area contributed by atoms with Crippen LogP contribution in [0.4, 0.5) is 0 Å². The minimum absolute atomic E-state index is 0.0300. The van der Waals surface area contributed by atoms with E-state index in [9.17, 15) is 9.59 Å². The fourth-order valence-corrected chi connectivity index (χ4v) is 3.26. The van der Waals surface area contributed by atoms with Gasteiger partial charge in [0.15, 0.2) is 5.43 Å². The van der Waals surface area contributed by atoms with Gasteiger partial charge in [0.25, 0.3) is 5.91 Å². The Morgan fingerprint density at radius 2 is 1.38 bits per heavy atom. The Morgan fingerprint density at radius 1 is 0.846 bits per heavy atom. The van der Waals surface area contributed by atoms with Crippen LogP contribution in [0.3, 0.4) is 0 Å². The van der Waals surface area contributed by atoms with Crippen molar-refractivity contribution in [3.05, 3.63) is 94.1 Å². The van der Waals surface area contributed by atoms with E-state index in [1.54, 1.807) is 17.6 Å². The third-order valence-corrected chi connectivity index (χ3v) is 4.54. The molecule has 1 heterocycles. The van der Waals surface area contributed by atoms with Crippen LogP contribution in [-0.4, -0.2) is 15.7 Å². The third kappa shape index (κ3) is 2.64. The number of amides is 1. The van der Waals surface area contributed by atoms with Crippen LogP contribution < -0.4 is 10.9 Å². The summed E-state index contributed by atoms with van der Waals surface area (Å²) in [5.74, 6) is -0.546. The summed E-state index contributed by atoms with van der Waals surface area (Å²) < 4.78 is 2.10. The van der Waals surface area contributed by atoms with Gasteiger partial charge in [-0.2, -0.15) is 0 Å². The molecule has 3 aromatic carbocycles. The number of pyridine rings is 1. The van der Waals surface area contributed by atoms with Gasteiger partial charge >= 0.3 is 0 Å². The molecule has 4 aromatic rings. The van der Waals surface area contributed by atoms with E-state index in [1.165, 1.54) is 0 Å². The first-order valence-corrected chi connectivity index (χ1v) is 8.22. The summed E-state index contributed by atoms with van der Waals surface area (Å²) in [7, 11) is 0. The zero-order valence-electron chi connectivity index (χ0n) is 13.8. The predicted molar refractivity (Wildman–Crippen MR) is 101 cm³/mol. The normalized spacial score (nSPS) is 11.0. The number of carbonyl (C=O) groups is 1. The summed E-state index contributed by atoms with van der Waals surface area (Å²) in [4.78, 5) is 24.2. The van der Waals surface area contributed by atoms with Gasteiger partial charge in [-0.3, -0.25) is 14.8 Å². The minimum atomic E-state index is -0.546. The number of nitrogens with one attached hydrogen (secondary N) is 1. The van der Waals surface area contributed by atoms with Crippen LogP contribution in [0.2, 0.25) is 0 Å². The quantitative estimate of drug-likeness (QED) is 0.340. The van der Waals surface area contributed by atoms with Crippen molar-refractivity contribution in [1.82, 2.24) is 10.0 Å². The monoisotopic (exact) mass is 344 g/mol. The van der Waals surface area contributed by atoms with Gasteiger partial charge in [0.1, 0.15) is 0 Å². The average Bonchev–Trinajstić information content (AvgIpc) is 2.71. The molecule has 0 saturated carbocycles. The first kappa shape index (κ1) is 16.1. The highest BCUT2D eigenvalue weighted by molar-refractivity contribution is 5.94. The summed E-state index contributed by atoms with van der Waals surface area (Å²) in [6.45, 7) is 0.558.